The lowest BCUT2D eigenvalue weighted by Gasteiger charge is -2.11. The van der Waals surface area contributed by atoms with Crippen LogP contribution < -0.4 is 10.6 Å². The molecule has 0 bridgehead atoms. The molecule has 0 spiro atoms. The summed E-state index contributed by atoms with van der Waals surface area (Å²) in [5, 5.41) is 5.73. The molecule has 0 saturated heterocycles. The molecular weight excluding hydrogens is 422 g/mol. The molecule has 7 nitrogen and oxygen atoms in total. The first-order valence-corrected chi connectivity index (χ1v) is 10.9. The maximum Gasteiger partial charge on any atom is 0.256 e. The van der Waals surface area contributed by atoms with Crippen LogP contribution in [-0.2, 0) is 4.79 Å². The number of hydrogen-bond acceptors (Lipinski definition) is 5. The molecule has 0 unspecified atom stereocenters. The molecular formula is C24H21N5O2S. The SMILES string of the molecule is Cc1ccc(NC(=O)CSc2ccccc2C(=O)Nc2ccc(-n3ccnc3)nc2)cc1. The van der Waals surface area contributed by atoms with Gasteiger partial charge in [-0.15, -0.1) is 11.8 Å². The molecule has 4 rings (SSSR count). The van der Waals surface area contributed by atoms with Crippen molar-refractivity contribution in [1.82, 2.24) is 14.5 Å². The number of pyridine rings is 1. The number of rotatable bonds is 7. The number of thioether (sulfide) groups is 1. The van der Waals surface area contributed by atoms with Gasteiger partial charge in [0.25, 0.3) is 5.91 Å². The summed E-state index contributed by atoms with van der Waals surface area (Å²) >= 11 is 1.32. The first kappa shape index (κ1) is 21.3. The van der Waals surface area contributed by atoms with Crippen molar-refractivity contribution in [3.63, 3.8) is 0 Å². The highest BCUT2D eigenvalue weighted by Crippen LogP contribution is 2.24. The molecule has 2 amide bonds. The second-order valence-electron chi connectivity index (χ2n) is 7.03. The lowest BCUT2D eigenvalue weighted by molar-refractivity contribution is -0.113. The third-order valence-electron chi connectivity index (χ3n) is 4.60. The van der Waals surface area contributed by atoms with Gasteiger partial charge in [0.1, 0.15) is 12.1 Å². The second-order valence-corrected chi connectivity index (χ2v) is 8.05. The van der Waals surface area contributed by atoms with E-state index in [1.54, 1.807) is 53.8 Å². The molecule has 2 heterocycles. The number of benzene rings is 2. The van der Waals surface area contributed by atoms with E-state index in [1.165, 1.54) is 11.8 Å². The van der Waals surface area contributed by atoms with Gasteiger partial charge in [0, 0.05) is 23.0 Å². The van der Waals surface area contributed by atoms with Crippen LogP contribution in [0.15, 0.2) is 90.5 Å². The average Bonchev–Trinajstić information content (AvgIpc) is 3.35. The third-order valence-corrected chi connectivity index (χ3v) is 5.67. The van der Waals surface area contributed by atoms with Crippen molar-refractivity contribution in [2.75, 3.05) is 16.4 Å². The normalized spacial score (nSPS) is 10.5. The first-order chi connectivity index (χ1) is 15.6. The number of aryl methyl sites for hydroxylation is 1. The predicted octanol–water partition coefficient (Wildman–Crippen LogP) is 4.56. The van der Waals surface area contributed by atoms with E-state index in [0.717, 1.165) is 16.1 Å². The largest absolute Gasteiger partial charge is 0.325 e. The summed E-state index contributed by atoms with van der Waals surface area (Å²) in [6.07, 6.45) is 6.72. The van der Waals surface area contributed by atoms with Crippen molar-refractivity contribution in [1.29, 1.82) is 0 Å². The van der Waals surface area contributed by atoms with Gasteiger partial charge < -0.3 is 10.6 Å². The van der Waals surface area contributed by atoms with Crippen LogP contribution in [0.3, 0.4) is 0 Å². The standard InChI is InChI=1S/C24H21N5O2S/c1-17-6-8-18(9-7-17)27-23(30)15-32-21-5-3-2-4-20(21)24(31)28-19-10-11-22(26-14-19)29-13-12-25-16-29/h2-14,16H,15H2,1H3,(H,27,30)(H,28,31). The molecule has 0 fully saturated rings. The van der Waals surface area contributed by atoms with Crippen LogP contribution in [0.4, 0.5) is 11.4 Å². The number of amides is 2. The van der Waals surface area contributed by atoms with E-state index < -0.39 is 0 Å². The summed E-state index contributed by atoms with van der Waals surface area (Å²) in [6, 6.07) is 18.4. The zero-order chi connectivity index (χ0) is 22.3. The van der Waals surface area contributed by atoms with Crippen LogP contribution >= 0.6 is 11.8 Å². The monoisotopic (exact) mass is 443 g/mol. The summed E-state index contributed by atoms with van der Waals surface area (Å²) in [7, 11) is 0. The Kier molecular flexibility index (Phi) is 6.62. The fourth-order valence-corrected chi connectivity index (χ4v) is 3.81. The Hall–Kier alpha value is -3.91. The number of carbonyl (C=O) groups excluding carboxylic acids is 2. The van der Waals surface area contributed by atoms with Gasteiger partial charge in [-0.2, -0.15) is 0 Å². The number of nitrogens with one attached hydrogen (secondary N) is 2. The van der Waals surface area contributed by atoms with Gasteiger partial charge in [0.2, 0.25) is 5.91 Å². The number of carbonyl (C=O) groups is 2. The molecule has 2 N–H and O–H groups in total. The molecule has 0 saturated carbocycles. The fraction of sp³-hybridized carbons (Fsp3) is 0.0833. The van der Waals surface area contributed by atoms with Crippen molar-refractivity contribution in [3.8, 4) is 5.82 Å². The maximum atomic E-state index is 12.8. The Morgan fingerprint density at radius 1 is 0.969 bits per heavy atom. The van der Waals surface area contributed by atoms with Crippen molar-refractivity contribution in [2.45, 2.75) is 11.8 Å². The average molecular weight is 444 g/mol. The van der Waals surface area contributed by atoms with Gasteiger partial charge in [0.05, 0.1) is 23.2 Å². The highest BCUT2D eigenvalue weighted by atomic mass is 32.2. The molecule has 160 valence electrons. The summed E-state index contributed by atoms with van der Waals surface area (Å²) in [5.41, 5.74) is 2.96. The topological polar surface area (TPSA) is 88.9 Å². The number of anilines is 2. The molecule has 2 aromatic carbocycles. The Morgan fingerprint density at radius 2 is 1.75 bits per heavy atom. The van der Waals surface area contributed by atoms with Crippen molar-refractivity contribution in [3.05, 3.63) is 96.7 Å². The molecule has 4 aromatic rings. The molecule has 8 heteroatoms. The number of nitrogens with zero attached hydrogens (tertiary/aromatic N) is 3. The van der Waals surface area contributed by atoms with Crippen LogP contribution in [0.2, 0.25) is 0 Å². The van der Waals surface area contributed by atoms with Crippen LogP contribution in [-0.4, -0.2) is 32.1 Å². The van der Waals surface area contributed by atoms with E-state index in [4.69, 9.17) is 0 Å². The zero-order valence-corrected chi connectivity index (χ0v) is 18.2. The number of hydrogen-bond donors (Lipinski definition) is 2. The smallest absolute Gasteiger partial charge is 0.256 e. The lowest BCUT2D eigenvalue weighted by atomic mass is 10.2. The van der Waals surface area contributed by atoms with Crippen LogP contribution in [0.1, 0.15) is 15.9 Å². The van der Waals surface area contributed by atoms with Gasteiger partial charge >= 0.3 is 0 Å². The Bertz CT molecular complexity index is 1210. The van der Waals surface area contributed by atoms with E-state index in [2.05, 4.69) is 20.6 Å². The summed E-state index contributed by atoms with van der Waals surface area (Å²) in [5.74, 6) is 0.507. The van der Waals surface area contributed by atoms with Crippen molar-refractivity contribution < 1.29 is 9.59 Å². The highest BCUT2D eigenvalue weighted by molar-refractivity contribution is 8.00. The van der Waals surface area contributed by atoms with Gasteiger partial charge in [-0.25, -0.2) is 9.97 Å². The predicted molar refractivity (Wildman–Crippen MR) is 126 cm³/mol. The Morgan fingerprint density at radius 3 is 2.47 bits per heavy atom. The molecule has 0 atom stereocenters. The van der Waals surface area contributed by atoms with Crippen molar-refractivity contribution >= 4 is 35.0 Å². The molecule has 2 aromatic heterocycles. The number of imidazole rings is 1. The first-order valence-electron chi connectivity index (χ1n) is 9.92. The van der Waals surface area contributed by atoms with Gasteiger partial charge in [0.15, 0.2) is 0 Å². The van der Waals surface area contributed by atoms with Crippen molar-refractivity contribution in [2.24, 2.45) is 0 Å². The van der Waals surface area contributed by atoms with Gasteiger partial charge in [-0.1, -0.05) is 29.8 Å². The number of aromatic nitrogens is 3. The van der Waals surface area contributed by atoms with E-state index in [-0.39, 0.29) is 17.6 Å². The van der Waals surface area contributed by atoms with Crippen LogP contribution in [0.5, 0.6) is 0 Å². The quantitative estimate of drug-likeness (QED) is 0.409. The van der Waals surface area contributed by atoms with Crippen LogP contribution in [0, 0.1) is 6.92 Å². The van der Waals surface area contributed by atoms with E-state index in [0.29, 0.717) is 17.1 Å². The zero-order valence-electron chi connectivity index (χ0n) is 17.4. The summed E-state index contributed by atoms with van der Waals surface area (Å²) in [6.45, 7) is 1.99. The fourth-order valence-electron chi connectivity index (χ4n) is 2.96. The molecule has 0 aliphatic rings. The maximum absolute atomic E-state index is 12.8. The van der Waals surface area contributed by atoms with Gasteiger partial charge in [-0.05, 0) is 43.3 Å². The second kappa shape index (κ2) is 9.93. The molecule has 0 aliphatic carbocycles. The minimum absolute atomic E-state index is 0.131. The van der Waals surface area contributed by atoms with E-state index in [1.807, 2.05) is 43.3 Å². The molecule has 32 heavy (non-hydrogen) atoms. The molecule has 0 aliphatic heterocycles. The van der Waals surface area contributed by atoms with Gasteiger partial charge in [-0.3, -0.25) is 14.2 Å². The van der Waals surface area contributed by atoms with E-state index >= 15 is 0 Å². The summed E-state index contributed by atoms with van der Waals surface area (Å²) < 4.78 is 1.78. The van der Waals surface area contributed by atoms with E-state index in [9.17, 15) is 9.59 Å². The lowest BCUT2D eigenvalue weighted by Crippen LogP contribution is -2.16. The minimum Gasteiger partial charge on any atom is -0.325 e. The highest BCUT2D eigenvalue weighted by Gasteiger charge is 2.13. The molecule has 0 radical (unpaired) electrons. The third kappa shape index (κ3) is 5.41. The Balaban J connectivity index is 1.38. The minimum atomic E-state index is -0.260. The van der Waals surface area contributed by atoms with Crippen LogP contribution in [0.25, 0.3) is 5.82 Å². The Labute approximate surface area is 189 Å². The summed E-state index contributed by atoms with van der Waals surface area (Å²) in [4.78, 5) is 34.2.